The summed E-state index contributed by atoms with van der Waals surface area (Å²) in [5, 5.41) is 10.1. The highest BCUT2D eigenvalue weighted by molar-refractivity contribution is 5.91. The zero-order valence-corrected chi connectivity index (χ0v) is 20.1. The van der Waals surface area contributed by atoms with E-state index in [1.807, 2.05) is 0 Å². The molecular weight excluding hydrogens is 500 g/mol. The van der Waals surface area contributed by atoms with Crippen molar-refractivity contribution in [1.82, 2.24) is 0 Å². The Bertz CT molecular complexity index is 1700. The molecule has 2 aromatic heterocycles. The minimum atomic E-state index is -3.86. The van der Waals surface area contributed by atoms with Gasteiger partial charge in [0.15, 0.2) is 10.9 Å². The van der Waals surface area contributed by atoms with Gasteiger partial charge in [-0.2, -0.15) is 0 Å². The maximum Gasteiger partial charge on any atom is 0.374 e. The highest BCUT2D eigenvalue weighted by Gasteiger charge is 2.19. The quantitative estimate of drug-likeness (QED) is 0.302. The molecule has 0 fully saturated rings. The van der Waals surface area contributed by atoms with Gasteiger partial charge < -0.3 is 32.9 Å². The van der Waals surface area contributed by atoms with Crippen molar-refractivity contribution in [3.05, 3.63) is 80.5 Å². The monoisotopic (exact) mass is 529 g/mol. The molecule has 0 amide bonds. The highest BCUT2D eigenvalue weighted by atomic mass is 16.6. The Labute approximate surface area is 222 Å². The molecule has 0 spiro atoms. The van der Waals surface area contributed by atoms with Crippen molar-refractivity contribution in [1.29, 1.82) is 0 Å². The Morgan fingerprint density at radius 3 is 1.66 bits per heavy atom. The molecule has 38 heavy (non-hydrogen) atoms. The third-order valence-corrected chi connectivity index (χ3v) is 4.90. The molecule has 0 aliphatic rings. The first-order chi connectivity index (χ1) is 20.1. The van der Waals surface area contributed by atoms with Gasteiger partial charge in [-0.05, 0) is 38.1 Å². The molecule has 0 atom stereocenters. The van der Waals surface area contributed by atoms with Crippen LogP contribution in [-0.4, -0.2) is 49.5 Å². The Hall–Kier alpha value is -4.64. The molecule has 0 radical (unpaired) electrons. The molecule has 1 N–H and O–H groups in total. The zero-order chi connectivity index (χ0) is 31.7. The fraction of sp³-hybridized carbons (Fsp3) is 0.259. The van der Waals surface area contributed by atoms with Crippen molar-refractivity contribution in [3.63, 3.8) is 0 Å². The smallest absolute Gasteiger partial charge is 0.374 e. The van der Waals surface area contributed by atoms with Crippen molar-refractivity contribution >= 4 is 33.9 Å². The molecule has 11 nitrogen and oxygen atoms in total. The van der Waals surface area contributed by atoms with Crippen LogP contribution in [0.5, 0.6) is 11.5 Å². The Morgan fingerprint density at radius 2 is 1.26 bits per heavy atom. The maximum absolute atomic E-state index is 12.8. The van der Waals surface area contributed by atoms with Crippen LogP contribution in [-0.2, 0) is 9.47 Å². The first-order valence-electron chi connectivity index (χ1n) is 13.7. The lowest BCUT2D eigenvalue weighted by Crippen LogP contribution is -2.25. The molecule has 4 rings (SSSR count). The van der Waals surface area contributed by atoms with E-state index >= 15 is 0 Å². The van der Waals surface area contributed by atoms with Crippen molar-refractivity contribution < 1.29 is 49.3 Å². The second kappa shape index (κ2) is 11.6. The van der Waals surface area contributed by atoms with Crippen LogP contribution in [0.3, 0.4) is 0 Å². The van der Waals surface area contributed by atoms with Crippen molar-refractivity contribution in [3.8, 4) is 11.5 Å². The highest BCUT2D eigenvalue weighted by Crippen LogP contribution is 2.25. The van der Waals surface area contributed by atoms with Crippen LogP contribution in [0.15, 0.2) is 67.0 Å². The van der Waals surface area contributed by atoms with Crippen molar-refractivity contribution in [2.24, 2.45) is 0 Å². The zero-order valence-electron chi connectivity index (χ0n) is 25.1. The molecular formula is C27H24O11. The van der Waals surface area contributed by atoms with Crippen molar-refractivity contribution in [2.45, 2.75) is 19.9 Å². The van der Waals surface area contributed by atoms with Crippen LogP contribution >= 0.6 is 0 Å². The van der Waals surface area contributed by atoms with Gasteiger partial charge in [-0.1, -0.05) is 12.1 Å². The van der Waals surface area contributed by atoms with E-state index in [1.54, 1.807) is 13.8 Å². The molecule has 198 valence electrons. The SMILES string of the molecule is [2H]C([2H])(Oc1cccc2oc(C(=O)OCC)cc(=O)c12)C([2H])(O)C([2H])([2H])Oc1cccc2oc(C(=O)OCC)cc(=O)c12. The lowest BCUT2D eigenvalue weighted by atomic mass is 10.2. The number of ether oxygens (including phenoxy) is 4. The Kier molecular flexibility index (Phi) is 6.24. The van der Waals surface area contributed by atoms with Crippen LogP contribution in [0.4, 0.5) is 0 Å². The predicted octanol–water partition coefficient (Wildman–Crippen LogP) is 3.07. The number of aliphatic hydroxyl groups is 1. The summed E-state index contributed by atoms with van der Waals surface area (Å²) in [6.07, 6.45) is -3.86. The van der Waals surface area contributed by atoms with E-state index in [0.717, 1.165) is 24.3 Å². The van der Waals surface area contributed by atoms with Crippen LogP contribution < -0.4 is 20.3 Å². The topological polar surface area (TPSA) is 152 Å². The van der Waals surface area contributed by atoms with E-state index < -0.39 is 65.0 Å². The third-order valence-electron chi connectivity index (χ3n) is 4.90. The Balaban J connectivity index is 1.69. The average Bonchev–Trinajstić information content (AvgIpc) is 2.92. The number of benzene rings is 2. The van der Waals surface area contributed by atoms with Gasteiger partial charge in [0.25, 0.3) is 0 Å². The van der Waals surface area contributed by atoms with Crippen LogP contribution in [0.2, 0.25) is 0 Å². The largest absolute Gasteiger partial charge is 0.490 e. The van der Waals surface area contributed by atoms with Gasteiger partial charge in [0.2, 0.25) is 11.5 Å². The number of rotatable bonds is 10. The average molecular weight is 530 g/mol. The molecule has 0 bridgehead atoms. The molecule has 0 saturated heterocycles. The van der Waals surface area contributed by atoms with Crippen molar-refractivity contribution in [2.75, 3.05) is 26.3 Å². The molecule has 2 heterocycles. The van der Waals surface area contributed by atoms with E-state index in [-0.39, 0.29) is 35.2 Å². The van der Waals surface area contributed by atoms with Gasteiger partial charge in [0.1, 0.15) is 52.6 Å². The van der Waals surface area contributed by atoms with Gasteiger partial charge in [-0.3, -0.25) is 9.59 Å². The van der Waals surface area contributed by atoms with Gasteiger partial charge in [0.05, 0.1) is 20.1 Å². The van der Waals surface area contributed by atoms with E-state index in [9.17, 15) is 24.3 Å². The van der Waals surface area contributed by atoms with E-state index in [1.165, 1.54) is 24.3 Å². The van der Waals surface area contributed by atoms with Crippen LogP contribution in [0, 0.1) is 0 Å². The van der Waals surface area contributed by atoms with Gasteiger partial charge in [0, 0.05) is 12.1 Å². The maximum atomic E-state index is 12.8. The molecule has 11 heteroatoms. The number of hydrogen-bond donors (Lipinski definition) is 1. The number of hydrogen-bond acceptors (Lipinski definition) is 11. The van der Waals surface area contributed by atoms with E-state index in [4.69, 9.17) is 34.6 Å². The number of esters is 2. The van der Waals surface area contributed by atoms with Gasteiger partial charge >= 0.3 is 11.9 Å². The summed E-state index contributed by atoms with van der Waals surface area (Å²) in [5.74, 6) is -3.82. The number of fused-ring (bicyclic) bond motifs is 2. The fourth-order valence-electron chi connectivity index (χ4n) is 3.36. The summed E-state index contributed by atoms with van der Waals surface area (Å²) < 4.78 is 72.1. The summed E-state index contributed by atoms with van der Waals surface area (Å²) in [6.45, 7) is -4.13. The predicted molar refractivity (Wildman–Crippen MR) is 134 cm³/mol. The fourth-order valence-corrected chi connectivity index (χ4v) is 3.36. The molecule has 0 aliphatic heterocycles. The van der Waals surface area contributed by atoms with Gasteiger partial charge in [-0.25, -0.2) is 9.59 Å². The molecule has 0 saturated carbocycles. The summed E-state index contributed by atoms with van der Waals surface area (Å²) in [7, 11) is 0. The molecule has 2 aromatic carbocycles. The van der Waals surface area contributed by atoms with Crippen LogP contribution in [0.1, 0.15) is 41.8 Å². The first kappa shape index (κ1) is 20.4. The Morgan fingerprint density at radius 1 is 0.842 bits per heavy atom. The lowest BCUT2D eigenvalue weighted by Gasteiger charge is -2.15. The van der Waals surface area contributed by atoms with Crippen LogP contribution in [0.25, 0.3) is 21.9 Å². The van der Waals surface area contributed by atoms with E-state index in [0.29, 0.717) is 0 Å². The molecule has 0 aliphatic carbocycles. The minimum Gasteiger partial charge on any atom is -0.490 e. The second-order valence-corrected chi connectivity index (χ2v) is 7.41. The second-order valence-electron chi connectivity index (χ2n) is 7.41. The van der Waals surface area contributed by atoms with Gasteiger partial charge in [-0.15, -0.1) is 0 Å². The summed E-state index contributed by atoms with van der Waals surface area (Å²) in [6, 6.07) is 8.86. The standard InChI is InChI=1S/C27H24O11/c1-3-33-26(31)22-11-16(29)24-18(7-5-9-20(24)37-22)35-13-15(28)14-36-19-8-6-10-21-25(19)17(30)12-23(38-21)27(32)34-4-2/h5-12,15,28H,3-4,13-14H2,1-2H3/i13D2,14D2,15D. The minimum absolute atomic E-state index is 0.00833. The number of carbonyl (C=O) groups excluding carboxylic acids is 2. The molecule has 0 unspecified atom stereocenters. The summed E-state index contributed by atoms with van der Waals surface area (Å²) >= 11 is 0. The normalized spacial score (nSPS) is 14.0. The molecule has 4 aromatic rings. The van der Waals surface area contributed by atoms with E-state index in [2.05, 4.69) is 0 Å². The summed E-state index contributed by atoms with van der Waals surface area (Å²) in [5.41, 5.74) is -2.15. The lowest BCUT2D eigenvalue weighted by molar-refractivity contribution is 0.0482. The first-order valence-corrected chi connectivity index (χ1v) is 11.2. The summed E-state index contributed by atoms with van der Waals surface area (Å²) in [4.78, 5) is 49.7. The number of carbonyl (C=O) groups is 2. The third kappa shape index (κ3) is 5.68.